The first-order chi connectivity index (χ1) is 14.4. The highest BCUT2D eigenvalue weighted by Crippen LogP contribution is 2.33. The maximum absolute atomic E-state index is 13.2. The molecular formula is C22H17Cl2FN2O2S. The topological polar surface area (TPSA) is 49.4 Å². The van der Waals surface area contributed by atoms with Gasteiger partial charge in [0.1, 0.15) is 5.82 Å². The molecule has 0 saturated carbocycles. The molecule has 30 heavy (non-hydrogen) atoms. The van der Waals surface area contributed by atoms with Crippen molar-refractivity contribution in [3.05, 3.63) is 79.7 Å². The Morgan fingerprint density at radius 3 is 2.53 bits per heavy atom. The number of thiophene rings is 1. The summed E-state index contributed by atoms with van der Waals surface area (Å²) in [6.07, 6.45) is 2.95. The van der Waals surface area contributed by atoms with Gasteiger partial charge in [0, 0.05) is 17.1 Å². The van der Waals surface area contributed by atoms with Gasteiger partial charge in [-0.1, -0.05) is 23.2 Å². The fraction of sp³-hybridized carbons (Fsp3) is 0.182. The summed E-state index contributed by atoms with van der Waals surface area (Å²) in [7, 11) is 0. The molecule has 4 nitrogen and oxygen atoms in total. The van der Waals surface area contributed by atoms with Crippen LogP contribution in [0.2, 0.25) is 10.0 Å². The number of fused-ring (bicyclic) bond motifs is 1. The number of anilines is 2. The van der Waals surface area contributed by atoms with Crippen LogP contribution in [0.5, 0.6) is 0 Å². The van der Waals surface area contributed by atoms with E-state index in [1.54, 1.807) is 28.4 Å². The van der Waals surface area contributed by atoms with Crippen molar-refractivity contribution in [1.82, 2.24) is 0 Å². The quantitative estimate of drug-likeness (QED) is 0.487. The molecule has 1 aliphatic heterocycles. The first kappa shape index (κ1) is 20.8. The van der Waals surface area contributed by atoms with E-state index >= 15 is 0 Å². The van der Waals surface area contributed by atoms with E-state index in [-0.39, 0.29) is 21.5 Å². The fourth-order valence-electron chi connectivity index (χ4n) is 3.43. The molecule has 0 saturated heterocycles. The van der Waals surface area contributed by atoms with Gasteiger partial charge in [0.25, 0.3) is 11.8 Å². The second-order valence-electron chi connectivity index (χ2n) is 6.92. The Hall–Kier alpha value is -2.41. The second-order valence-corrected chi connectivity index (χ2v) is 8.73. The number of hydrogen-bond acceptors (Lipinski definition) is 3. The van der Waals surface area contributed by atoms with Crippen LogP contribution in [-0.2, 0) is 6.42 Å². The zero-order valence-electron chi connectivity index (χ0n) is 15.8. The van der Waals surface area contributed by atoms with Crippen molar-refractivity contribution in [1.29, 1.82) is 0 Å². The highest BCUT2D eigenvalue weighted by atomic mass is 35.5. The molecule has 0 radical (unpaired) electrons. The number of halogens is 3. The number of amides is 2. The molecule has 0 fully saturated rings. The third kappa shape index (κ3) is 4.21. The van der Waals surface area contributed by atoms with Gasteiger partial charge in [-0.15, -0.1) is 11.3 Å². The summed E-state index contributed by atoms with van der Waals surface area (Å²) in [6, 6.07) is 10.3. The van der Waals surface area contributed by atoms with Gasteiger partial charge in [0.15, 0.2) is 0 Å². The van der Waals surface area contributed by atoms with Crippen LogP contribution in [0.25, 0.3) is 0 Å². The Balaban J connectivity index is 1.55. The van der Waals surface area contributed by atoms with Gasteiger partial charge >= 0.3 is 0 Å². The van der Waals surface area contributed by atoms with Gasteiger partial charge in [-0.3, -0.25) is 9.59 Å². The van der Waals surface area contributed by atoms with Gasteiger partial charge in [0.2, 0.25) is 0 Å². The van der Waals surface area contributed by atoms with Gasteiger partial charge in [-0.25, -0.2) is 4.39 Å². The van der Waals surface area contributed by atoms with Crippen molar-refractivity contribution in [2.24, 2.45) is 0 Å². The van der Waals surface area contributed by atoms with Crippen LogP contribution < -0.4 is 10.2 Å². The second kappa shape index (κ2) is 8.76. The van der Waals surface area contributed by atoms with E-state index in [1.807, 2.05) is 11.4 Å². The number of nitrogens with zero attached hydrogens (tertiary/aromatic N) is 1. The van der Waals surface area contributed by atoms with Gasteiger partial charge in [0.05, 0.1) is 26.9 Å². The summed E-state index contributed by atoms with van der Waals surface area (Å²) < 4.78 is 13.2. The first-order valence-electron chi connectivity index (χ1n) is 9.38. The van der Waals surface area contributed by atoms with Crippen LogP contribution in [0, 0.1) is 5.82 Å². The van der Waals surface area contributed by atoms with E-state index < -0.39 is 11.7 Å². The Morgan fingerprint density at radius 2 is 1.77 bits per heavy atom. The number of hydrogen-bond donors (Lipinski definition) is 1. The minimum atomic E-state index is -0.523. The van der Waals surface area contributed by atoms with Crippen molar-refractivity contribution in [2.45, 2.75) is 19.3 Å². The van der Waals surface area contributed by atoms with E-state index in [1.165, 1.54) is 17.0 Å². The van der Waals surface area contributed by atoms with Crippen molar-refractivity contribution in [3.8, 4) is 0 Å². The molecule has 0 atom stereocenters. The molecule has 1 aliphatic rings. The Labute approximate surface area is 187 Å². The highest BCUT2D eigenvalue weighted by Gasteiger charge is 2.25. The van der Waals surface area contributed by atoms with Gasteiger partial charge < -0.3 is 10.2 Å². The average molecular weight is 463 g/mol. The number of benzene rings is 2. The van der Waals surface area contributed by atoms with Crippen LogP contribution in [0.15, 0.2) is 47.8 Å². The Morgan fingerprint density at radius 1 is 1.00 bits per heavy atom. The number of carbonyl (C=O) groups is 2. The van der Waals surface area contributed by atoms with Crippen molar-refractivity contribution < 1.29 is 14.0 Å². The Bertz CT molecular complexity index is 1130. The molecule has 2 amide bonds. The standard InChI is InChI=1S/C22H17Cl2FN2O2S/c23-17-11-13(25)4-6-15(17)21(28)26-14-5-7-16(18(24)12-14)22(29)27-9-2-1-3-20-19(27)8-10-30-20/h4-8,10-12H,1-3,9H2,(H,26,28). The summed E-state index contributed by atoms with van der Waals surface area (Å²) in [5.41, 5.74) is 1.87. The molecule has 4 rings (SSSR count). The van der Waals surface area contributed by atoms with E-state index in [0.717, 1.165) is 37.1 Å². The highest BCUT2D eigenvalue weighted by molar-refractivity contribution is 7.10. The fourth-order valence-corrected chi connectivity index (χ4v) is 4.87. The van der Waals surface area contributed by atoms with Crippen LogP contribution in [0.4, 0.5) is 15.8 Å². The lowest BCUT2D eigenvalue weighted by Gasteiger charge is -2.22. The maximum atomic E-state index is 13.2. The first-order valence-corrected chi connectivity index (χ1v) is 11.0. The van der Waals surface area contributed by atoms with E-state index in [0.29, 0.717) is 17.8 Å². The normalized spacial score (nSPS) is 13.5. The van der Waals surface area contributed by atoms with E-state index in [2.05, 4.69) is 5.32 Å². The lowest BCUT2D eigenvalue weighted by molar-refractivity contribution is 0.0986. The molecule has 1 aromatic heterocycles. The average Bonchev–Trinajstić information content (AvgIpc) is 3.06. The minimum Gasteiger partial charge on any atom is -0.322 e. The van der Waals surface area contributed by atoms with Gasteiger partial charge in [-0.2, -0.15) is 0 Å². The number of carbonyl (C=O) groups excluding carboxylic acids is 2. The van der Waals surface area contributed by atoms with Crippen LogP contribution in [0.3, 0.4) is 0 Å². The van der Waals surface area contributed by atoms with Crippen LogP contribution in [-0.4, -0.2) is 18.4 Å². The van der Waals surface area contributed by atoms with Crippen LogP contribution >= 0.6 is 34.5 Å². The minimum absolute atomic E-state index is 0.0122. The Kier molecular flexibility index (Phi) is 6.09. The van der Waals surface area contributed by atoms with E-state index in [9.17, 15) is 14.0 Å². The monoisotopic (exact) mass is 462 g/mol. The lowest BCUT2D eigenvalue weighted by Crippen LogP contribution is -2.31. The summed E-state index contributed by atoms with van der Waals surface area (Å²) in [5, 5.41) is 4.92. The summed E-state index contributed by atoms with van der Waals surface area (Å²) in [4.78, 5) is 28.6. The maximum Gasteiger partial charge on any atom is 0.259 e. The molecule has 154 valence electrons. The number of nitrogens with one attached hydrogen (secondary N) is 1. The predicted molar refractivity (Wildman–Crippen MR) is 120 cm³/mol. The zero-order chi connectivity index (χ0) is 21.3. The van der Waals surface area contributed by atoms with Crippen molar-refractivity contribution in [3.63, 3.8) is 0 Å². The summed E-state index contributed by atoms with van der Waals surface area (Å²) in [6.45, 7) is 0.639. The smallest absolute Gasteiger partial charge is 0.259 e. The van der Waals surface area contributed by atoms with Gasteiger partial charge in [-0.05, 0) is 67.1 Å². The summed E-state index contributed by atoms with van der Waals surface area (Å²) in [5.74, 6) is -1.18. The molecule has 0 unspecified atom stereocenters. The summed E-state index contributed by atoms with van der Waals surface area (Å²) >= 11 is 14.0. The molecule has 8 heteroatoms. The predicted octanol–water partition coefficient (Wildman–Crippen LogP) is 6.43. The molecule has 1 N–H and O–H groups in total. The third-order valence-corrected chi connectivity index (χ3v) is 6.52. The number of rotatable bonds is 3. The molecule has 0 spiro atoms. The number of aryl methyl sites for hydroxylation is 1. The molecule has 0 bridgehead atoms. The molecule has 3 aromatic rings. The largest absolute Gasteiger partial charge is 0.322 e. The molecule has 2 heterocycles. The van der Waals surface area contributed by atoms with Crippen molar-refractivity contribution >= 4 is 57.7 Å². The lowest BCUT2D eigenvalue weighted by atomic mass is 10.1. The molecule has 0 aliphatic carbocycles. The molecular weight excluding hydrogens is 446 g/mol. The third-order valence-electron chi connectivity index (χ3n) is 4.93. The van der Waals surface area contributed by atoms with Crippen molar-refractivity contribution in [2.75, 3.05) is 16.8 Å². The van der Waals surface area contributed by atoms with E-state index in [4.69, 9.17) is 23.2 Å². The zero-order valence-corrected chi connectivity index (χ0v) is 18.1. The SMILES string of the molecule is O=C(Nc1ccc(C(=O)N2CCCCc3sccc32)c(Cl)c1)c1ccc(F)cc1Cl. The van der Waals surface area contributed by atoms with Crippen LogP contribution in [0.1, 0.15) is 38.4 Å². The molecule has 2 aromatic carbocycles.